The average molecular weight is 225 g/mol. The van der Waals surface area contributed by atoms with Gasteiger partial charge in [0.1, 0.15) is 11.4 Å². The van der Waals surface area contributed by atoms with Crippen LogP contribution in [0, 0.1) is 17.8 Å². The Morgan fingerprint density at radius 3 is 2.06 bits per heavy atom. The third-order valence-corrected chi connectivity index (χ3v) is 3.32. The Bertz CT molecular complexity index is 320. The number of ketones is 1. The minimum atomic E-state index is -0.441. The van der Waals surface area contributed by atoms with Gasteiger partial charge >= 0.3 is 6.09 Å². The molecule has 0 aromatic rings. The van der Waals surface area contributed by atoms with Crippen molar-refractivity contribution in [1.29, 1.82) is 0 Å². The fourth-order valence-electron chi connectivity index (χ4n) is 2.60. The zero-order chi connectivity index (χ0) is 12.1. The fourth-order valence-corrected chi connectivity index (χ4v) is 2.60. The van der Waals surface area contributed by atoms with Crippen molar-refractivity contribution in [3.8, 4) is 0 Å². The molecule has 0 N–H and O–H groups in total. The second kappa shape index (κ2) is 3.47. The molecule has 3 atom stereocenters. The number of ether oxygens (including phenoxy) is 1. The Morgan fingerprint density at radius 2 is 1.69 bits per heavy atom. The number of carbonyl (C=O) groups excluding carboxylic acids is 2. The monoisotopic (exact) mass is 225 g/mol. The topological polar surface area (TPSA) is 46.6 Å². The summed E-state index contributed by atoms with van der Waals surface area (Å²) in [4.78, 5) is 24.6. The molecule has 1 aliphatic carbocycles. The Hall–Kier alpha value is -1.06. The van der Waals surface area contributed by atoms with Crippen LogP contribution in [-0.2, 0) is 9.53 Å². The van der Waals surface area contributed by atoms with Gasteiger partial charge in [0.25, 0.3) is 0 Å². The van der Waals surface area contributed by atoms with E-state index < -0.39 is 5.60 Å². The molecule has 0 radical (unpaired) electrons. The predicted octanol–water partition coefficient (Wildman–Crippen LogP) is 1.69. The number of Topliss-reactive ketones (excluding diaryl/α,β-unsaturated/α-hetero) is 1. The maximum atomic E-state index is 11.7. The van der Waals surface area contributed by atoms with Crippen molar-refractivity contribution in [3.63, 3.8) is 0 Å². The van der Waals surface area contributed by atoms with E-state index in [0.29, 0.717) is 24.9 Å². The Kier molecular flexibility index (Phi) is 2.48. The Balaban J connectivity index is 1.85. The first-order valence-corrected chi connectivity index (χ1v) is 5.78. The first-order valence-electron chi connectivity index (χ1n) is 5.78. The summed E-state index contributed by atoms with van der Waals surface area (Å²) >= 11 is 0. The van der Waals surface area contributed by atoms with Crippen molar-refractivity contribution in [2.24, 2.45) is 17.8 Å². The van der Waals surface area contributed by atoms with Crippen LogP contribution in [-0.4, -0.2) is 35.5 Å². The summed E-state index contributed by atoms with van der Waals surface area (Å²) in [5.74, 6) is 1.26. The van der Waals surface area contributed by atoms with Crippen LogP contribution >= 0.6 is 0 Å². The molecular formula is C12H19NO3. The predicted molar refractivity (Wildman–Crippen MR) is 59.0 cm³/mol. The second-order valence-electron chi connectivity index (χ2n) is 5.85. The summed E-state index contributed by atoms with van der Waals surface area (Å²) in [5.41, 5.74) is -0.441. The van der Waals surface area contributed by atoms with E-state index in [-0.39, 0.29) is 17.8 Å². The molecule has 2 rings (SSSR count). The molecule has 0 aromatic carbocycles. The van der Waals surface area contributed by atoms with Gasteiger partial charge in [-0.2, -0.15) is 0 Å². The minimum Gasteiger partial charge on any atom is -0.444 e. The molecule has 4 heteroatoms. The Morgan fingerprint density at radius 1 is 1.19 bits per heavy atom. The average Bonchev–Trinajstić information content (AvgIpc) is 2.60. The molecule has 1 saturated carbocycles. The maximum Gasteiger partial charge on any atom is 0.410 e. The number of hydrogen-bond acceptors (Lipinski definition) is 3. The van der Waals surface area contributed by atoms with E-state index in [4.69, 9.17) is 4.74 Å². The lowest BCUT2D eigenvalue weighted by molar-refractivity contribution is -0.119. The highest BCUT2D eigenvalue weighted by Gasteiger charge is 2.59. The van der Waals surface area contributed by atoms with Gasteiger partial charge < -0.3 is 9.64 Å². The number of amides is 1. The number of piperidine rings is 1. The Labute approximate surface area is 95.9 Å². The van der Waals surface area contributed by atoms with Gasteiger partial charge in [-0.15, -0.1) is 0 Å². The standard InChI is InChI=1S/C12H19NO3/c1-7(14)10-8-5-13(6-9(8)10)11(15)16-12(2,3)4/h8-10H,5-6H2,1-4H3/t8-,9+,10+. The molecular weight excluding hydrogens is 206 g/mol. The molecule has 0 unspecified atom stereocenters. The summed E-state index contributed by atoms with van der Waals surface area (Å²) in [7, 11) is 0. The quantitative estimate of drug-likeness (QED) is 0.682. The van der Waals surface area contributed by atoms with E-state index in [2.05, 4.69) is 0 Å². The second-order valence-corrected chi connectivity index (χ2v) is 5.85. The number of likely N-dealkylation sites (tertiary alicyclic amines) is 1. The molecule has 0 bridgehead atoms. The van der Waals surface area contributed by atoms with Gasteiger partial charge in [0.2, 0.25) is 0 Å². The molecule has 90 valence electrons. The lowest BCUT2D eigenvalue weighted by Crippen LogP contribution is -2.37. The zero-order valence-corrected chi connectivity index (χ0v) is 10.3. The van der Waals surface area contributed by atoms with Crippen molar-refractivity contribution in [2.75, 3.05) is 13.1 Å². The largest absolute Gasteiger partial charge is 0.444 e. The van der Waals surface area contributed by atoms with Crippen molar-refractivity contribution >= 4 is 11.9 Å². The van der Waals surface area contributed by atoms with Gasteiger partial charge in [-0.3, -0.25) is 4.79 Å². The van der Waals surface area contributed by atoms with Gasteiger partial charge in [-0.05, 0) is 39.5 Å². The number of rotatable bonds is 1. The summed E-state index contributed by atoms with van der Waals surface area (Å²) in [5, 5.41) is 0. The summed E-state index contributed by atoms with van der Waals surface area (Å²) in [6, 6.07) is 0. The first kappa shape index (κ1) is 11.4. The van der Waals surface area contributed by atoms with Crippen LogP contribution in [0.15, 0.2) is 0 Å². The third kappa shape index (κ3) is 2.06. The third-order valence-electron chi connectivity index (χ3n) is 3.32. The highest BCUT2D eigenvalue weighted by atomic mass is 16.6. The zero-order valence-electron chi connectivity index (χ0n) is 10.3. The van der Waals surface area contributed by atoms with E-state index >= 15 is 0 Å². The van der Waals surface area contributed by atoms with Crippen molar-refractivity contribution in [1.82, 2.24) is 4.90 Å². The normalized spacial score (nSPS) is 32.2. The molecule has 16 heavy (non-hydrogen) atoms. The van der Waals surface area contributed by atoms with E-state index in [1.54, 1.807) is 11.8 Å². The van der Waals surface area contributed by atoms with Gasteiger partial charge in [-0.25, -0.2) is 4.79 Å². The summed E-state index contributed by atoms with van der Waals surface area (Å²) < 4.78 is 5.29. The maximum absolute atomic E-state index is 11.7. The molecule has 1 amide bonds. The number of carbonyl (C=O) groups is 2. The van der Waals surface area contributed by atoms with Crippen LogP contribution in [0.4, 0.5) is 4.79 Å². The highest BCUT2D eigenvalue weighted by molar-refractivity contribution is 5.83. The van der Waals surface area contributed by atoms with E-state index in [0.717, 1.165) is 0 Å². The number of fused-ring (bicyclic) bond motifs is 1. The van der Waals surface area contributed by atoms with Crippen molar-refractivity contribution in [2.45, 2.75) is 33.3 Å². The van der Waals surface area contributed by atoms with E-state index in [1.807, 2.05) is 20.8 Å². The van der Waals surface area contributed by atoms with E-state index in [9.17, 15) is 9.59 Å². The lowest BCUT2D eigenvalue weighted by Gasteiger charge is -2.25. The van der Waals surface area contributed by atoms with Crippen LogP contribution in [0.25, 0.3) is 0 Å². The summed E-state index contributed by atoms with van der Waals surface area (Å²) in [6.45, 7) is 8.59. The smallest absolute Gasteiger partial charge is 0.410 e. The van der Waals surface area contributed by atoms with Crippen LogP contribution < -0.4 is 0 Å². The van der Waals surface area contributed by atoms with Crippen LogP contribution in [0.3, 0.4) is 0 Å². The molecule has 0 aromatic heterocycles. The van der Waals surface area contributed by atoms with E-state index in [1.165, 1.54) is 0 Å². The number of nitrogens with zero attached hydrogens (tertiary/aromatic N) is 1. The van der Waals surface area contributed by atoms with Crippen molar-refractivity contribution in [3.05, 3.63) is 0 Å². The van der Waals surface area contributed by atoms with Gasteiger partial charge in [0.05, 0.1) is 0 Å². The molecule has 1 aliphatic heterocycles. The van der Waals surface area contributed by atoms with Gasteiger partial charge in [0.15, 0.2) is 0 Å². The van der Waals surface area contributed by atoms with Crippen molar-refractivity contribution < 1.29 is 14.3 Å². The van der Waals surface area contributed by atoms with Crippen LogP contribution in [0.5, 0.6) is 0 Å². The minimum absolute atomic E-state index is 0.207. The first-order chi connectivity index (χ1) is 7.29. The fraction of sp³-hybridized carbons (Fsp3) is 0.833. The molecule has 0 spiro atoms. The molecule has 1 heterocycles. The molecule has 2 fully saturated rings. The van der Waals surface area contributed by atoms with Gasteiger partial charge in [-0.1, -0.05) is 0 Å². The molecule has 2 aliphatic rings. The molecule has 1 saturated heterocycles. The SMILES string of the molecule is CC(=O)[C@H]1[C@@H]2CN(C(=O)OC(C)(C)C)C[C@@H]21. The number of hydrogen-bond donors (Lipinski definition) is 0. The molecule has 4 nitrogen and oxygen atoms in total. The summed E-state index contributed by atoms with van der Waals surface area (Å²) in [6.07, 6.45) is -0.248. The van der Waals surface area contributed by atoms with Gasteiger partial charge in [0, 0.05) is 19.0 Å². The highest BCUT2D eigenvalue weighted by Crippen LogP contribution is 2.52. The van der Waals surface area contributed by atoms with Crippen LogP contribution in [0.2, 0.25) is 0 Å². The van der Waals surface area contributed by atoms with Crippen LogP contribution in [0.1, 0.15) is 27.7 Å². The lowest BCUT2D eigenvalue weighted by atomic mass is 10.2.